The van der Waals surface area contributed by atoms with Gasteiger partial charge in [-0.15, -0.1) is 0 Å². The van der Waals surface area contributed by atoms with Crippen molar-refractivity contribution in [1.82, 2.24) is 18.8 Å². The highest BCUT2D eigenvalue weighted by Gasteiger charge is 2.20. The fraction of sp³-hybridized carbons (Fsp3) is 0.286. The summed E-state index contributed by atoms with van der Waals surface area (Å²) in [6.07, 6.45) is 2.50. The summed E-state index contributed by atoms with van der Waals surface area (Å²) in [6, 6.07) is 10.5. The Morgan fingerprint density at radius 1 is 1.10 bits per heavy atom. The zero-order valence-electron chi connectivity index (χ0n) is 16.9. The van der Waals surface area contributed by atoms with E-state index in [4.69, 9.17) is 0 Å². The van der Waals surface area contributed by atoms with Crippen molar-refractivity contribution in [3.05, 3.63) is 64.2 Å². The van der Waals surface area contributed by atoms with E-state index in [1.54, 1.807) is 26.2 Å². The molecule has 1 atom stereocenters. The molecule has 4 rings (SSSR count). The third kappa shape index (κ3) is 3.28. The van der Waals surface area contributed by atoms with E-state index in [1.807, 2.05) is 38.2 Å². The van der Waals surface area contributed by atoms with Crippen LogP contribution in [0.5, 0.6) is 0 Å². The van der Waals surface area contributed by atoms with Gasteiger partial charge in [-0.25, -0.2) is 17.9 Å². The first-order valence-electron chi connectivity index (χ1n) is 9.42. The predicted molar refractivity (Wildman–Crippen MR) is 115 cm³/mol. The summed E-state index contributed by atoms with van der Waals surface area (Å²) < 4.78 is 31.6. The van der Waals surface area contributed by atoms with Crippen LogP contribution in [-0.2, 0) is 30.5 Å². The second kappa shape index (κ2) is 6.89. The lowest BCUT2D eigenvalue weighted by Crippen LogP contribution is -2.34. The second-order valence-electron chi connectivity index (χ2n) is 7.59. The number of hydrogen-bond donors (Lipinski definition) is 2. The highest BCUT2D eigenvalue weighted by Crippen LogP contribution is 2.23. The van der Waals surface area contributed by atoms with Crippen molar-refractivity contribution in [3.63, 3.8) is 0 Å². The lowest BCUT2D eigenvalue weighted by atomic mass is 10.1. The van der Waals surface area contributed by atoms with Gasteiger partial charge in [0, 0.05) is 37.2 Å². The summed E-state index contributed by atoms with van der Waals surface area (Å²) in [5.74, 6) is 0. The molecule has 0 aliphatic heterocycles. The highest BCUT2D eigenvalue weighted by atomic mass is 32.2. The number of H-pyrrole nitrogens is 1. The van der Waals surface area contributed by atoms with E-state index in [2.05, 4.69) is 9.71 Å². The molecule has 2 aromatic heterocycles. The maximum Gasteiger partial charge on any atom is 0.328 e. The van der Waals surface area contributed by atoms with E-state index in [-0.39, 0.29) is 16.6 Å². The van der Waals surface area contributed by atoms with Gasteiger partial charge in [-0.2, -0.15) is 0 Å². The molecule has 2 heterocycles. The summed E-state index contributed by atoms with van der Waals surface area (Å²) in [5, 5.41) is 1.11. The number of imidazole rings is 1. The lowest BCUT2D eigenvalue weighted by Gasteiger charge is -2.14. The number of para-hydroxylation sites is 1. The zero-order chi connectivity index (χ0) is 20.9. The number of nitrogens with one attached hydrogen (secondary N) is 2. The zero-order valence-corrected chi connectivity index (χ0v) is 17.7. The van der Waals surface area contributed by atoms with Crippen molar-refractivity contribution >= 4 is 32.0 Å². The van der Waals surface area contributed by atoms with E-state index in [1.165, 1.54) is 15.2 Å². The van der Waals surface area contributed by atoms with E-state index in [0.29, 0.717) is 17.5 Å². The van der Waals surface area contributed by atoms with Gasteiger partial charge in [0.2, 0.25) is 10.0 Å². The predicted octanol–water partition coefficient (Wildman–Crippen LogP) is 2.58. The number of nitrogens with zero attached hydrogens (tertiary/aromatic N) is 2. The van der Waals surface area contributed by atoms with Crippen molar-refractivity contribution in [3.8, 4) is 0 Å². The Morgan fingerprint density at radius 2 is 1.83 bits per heavy atom. The molecule has 152 valence electrons. The Bertz CT molecular complexity index is 1390. The van der Waals surface area contributed by atoms with Crippen molar-refractivity contribution in [1.29, 1.82) is 0 Å². The molecule has 0 amide bonds. The quantitative estimate of drug-likeness (QED) is 0.528. The smallest absolute Gasteiger partial charge is 0.328 e. The van der Waals surface area contributed by atoms with E-state index >= 15 is 0 Å². The normalized spacial score (nSPS) is 13.4. The Morgan fingerprint density at radius 3 is 2.59 bits per heavy atom. The number of benzene rings is 2. The number of sulfonamides is 1. The summed E-state index contributed by atoms with van der Waals surface area (Å²) in [7, 11) is -0.417. The number of aromatic nitrogens is 3. The molecule has 8 heteroatoms. The Labute approximate surface area is 169 Å². The number of fused-ring (bicyclic) bond motifs is 2. The van der Waals surface area contributed by atoms with Gasteiger partial charge in [-0.1, -0.05) is 18.2 Å². The van der Waals surface area contributed by atoms with Gasteiger partial charge in [-0.3, -0.25) is 9.13 Å². The lowest BCUT2D eigenvalue weighted by molar-refractivity contribution is 0.560. The number of rotatable bonds is 5. The molecule has 2 aromatic carbocycles. The highest BCUT2D eigenvalue weighted by molar-refractivity contribution is 7.89. The van der Waals surface area contributed by atoms with Crippen LogP contribution >= 0.6 is 0 Å². The van der Waals surface area contributed by atoms with Gasteiger partial charge in [0.15, 0.2) is 0 Å². The van der Waals surface area contributed by atoms with Crippen LogP contribution in [0.1, 0.15) is 18.1 Å². The standard InChI is InChI=1S/C21H24N4O3S/c1-13-6-5-7-17-15(12-22-20(13)17)10-14(2)23-29(27,28)16-8-9-18-19(11-16)25(4)21(26)24(18)3/h5-9,11-12,14,22-23H,10H2,1-4H3. The van der Waals surface area contributed by atoms with Crippen molar-refractivity contribution < 1.29 is 8.42 Å². The molecule has 1 unspecified atom stereocenters. The Balaban J connectivity index is 1.61. The molecule has 0 spiro atoms. The molecule has 0 bridgehead atoms. The first-order chi connectivity index (χ1) is 13.7. The Kier molecular flexibility index (Phi) is 4.63. The third-order valence-corrected chi connectivity index (χ3v) is 7.03. The van der Waals surface area contributed by atoms with Gasteiger partial charge in [-0.05, 0) is 49.6 Å². The second-order valence-corrected chi connectivity index (χ2v) is 9.30. The van der Waals surface area contributed by atoms with Crippen LogP contribution in [0.15, 0.2) is 52.3 Å². The molecule has 4 aromatic rings. The minimum atomic E-state index is -3.72. The third-order valence-electron chi connectivity index (χ3n) is 5.45. The van der Waals surface area contributed by atoms with Crippen LogP contribution in [-0.4, -0.2) is 28.6 Å². The molecule has 0 aliphatic rings. The van der Waals surface area contributed by atoms with E-state index < -0.39 is 10.0 Å². The van der Waals surface area contributed by atoms with Crippen LogP contribution < -0.4 is 10.4 Å². The molecule has 0 saturated carbocycles. The molecule has 0 fully saturated rings. The van der Waals surface area contributed by atoms with Gasteiger partial charge in [0.25, 0.3) is 0 Å². The van der Waals surface area contributed by atoms with Gasteiger partial charge < -0.3 is 4.98 Å². The number of hydrogen-bond acceptors (Lipinski definition) is 3. The van der Waals surface area contributed by atoms with Crippen molar-refractivity contribution in [2.45, 2.75) is 31.2 Å². The minimum absolute atomic E-state index is 0.146. The van der Waals surface area contributed by atoms with E-state index in [9.17, 15) is 13.2 Å². The molecule has 2 N–H and O–H groups in total. The first-order valence-corrected chi connectivity index (χ1v) is 10.9. The average Bonchev–Trinajstić information content (AvgIpc) is 3.17. The summed E-state index contributed by atoms with van der Waals surface area (Å²) in [5.41, 5.74) is 4.39. The monoisotopic (exact) mass is 412 g/mol. The van der Waals surface area contributed by atoms with Gasteiger partial charge >= 0.3 is 5.69 Å². The van der Waals surface area contributed by atoms with Crippen LogP contribution in [0.4, 0.5) is 0 Å². The largest absolute Gasteiger partial charge is 0.361 e. The number of aryl methyl sites for hydroxylation is 3. The summed E-state index contributed by atoms with van der Waals surface area (Å²) in [6.45, 7) is 3.89. The summed E-state index contributed by atoms with van der Waals surface area (Å²) in [4.78, 5) is 15.5. The fourth-order valence-electron chi connectivity index (χ4n) is 3.89. The minimum Gasteiger partial charge on any atom is -0.361 e. The SMILES string of the molecule is Cc1cccc2c(CC(C)NS(=O)(=O)c3ccc4c(c3)n(C)c(=O)n4C)c[nH]c12. The van der Waals surface area contributed by atoms with Crippen LogP contribution in [0.25, 0.3) is 21.9 Å². The maximum absolute atomic E-state index is 12.9. The van der Waals surface area contributed by atoms with Crippen LogP contribution in [0.3, 0.4) is 0 Å². The van der Waals surface area contributed by atoms with Crippen LogP contribution in [0.2, 0.25) is 0 Å². The topological polar surface area (TPSA) is 88.9 Å². The fourth-order valence-corrected chi connectivity index (χ4v) is 5.15. The summed E-state index contributed by atoms with van der Waals surface area (Å²) >= 11 is 0. The molecule has 0 aliphatic carbocycles. The van der Waals surface area contributed by atoms with Crippen LogP contribution in [0, 0.1) is 6.92 Å². The van der Waals surface area contributed by atoms with Gasteiger partial charge in [0.05, 0.1) is 15.9 Å². The van der Waals surface area contributed by atoms with Crippen molar-refractivity contribution in [2.75, 3.05) is 0 Å². The molecule has 0 saturated heterocycles. The molecule has 7 nitrogen and oxygen atoms in total. The molecular formula is C21H24N4O3S. The molecule has 0 radical (unpaired) electrons. The molecular weight excluding hydrogens is 388 g/mol. The maximum atomic E-state index is 12.9. The van der Waals surface area contributed by atoms with Crippen molar-refractivity contribution in [2.24, 2.45) is 14.1 Å². The molecule has 29 heavy (non-hydrogen) atoms. The van der Waals surface area contributed by atoms with Gasteiger partial charge in [0.1, 0.15) is 0 Å². The number of aromatic amines is 1. The van der Waals surface area contributed by atoms with E-state index in [0.717, 1.165) is 22.0 Å². The Hall–Kier alpha value is -2.84. The average molecular weight is 413 g/mol. The first kappa shape index (κ1) is 19.5.